The van der Waals surface area contributed by atoms with Crippen molar-refractivity contribution < 1.29 is 9.13 Å². The zero-order valence-electron chi connectivity index (χ0n) is 19.0. The van der Waals surface area contributed by atoms with E-state index in [9.17, 15) is 4.39 Å². The number of aromatic nitrogens is 3. The molecule has 0 fully saturated rings. The second-order valence-electron chi connectivity index (χ2n) is 7.51. The maximum Gasteiger partial charge on any atom is 0.194 e. The maximum atomic E-state index is 13.6. The smallest absolute Gasteiger partial charge is 0.194 e. The molecule has 0 aliphatic heterocycles. The predicted molar refractivity (Wildman–Crippen MR) is 124 cm³/mol. The first-order chi connectivity index (χ1) is 15.6. The monoisotopic (exact) mass is 438 g/mol. The van der Waals surface area contributed by atoms with Gasteiger partial charge in [-0.15, -0.1) is 10.2 Å². The van der Waals surface area contributed by atoms with Gasteiger partial charge in [0.1, 0.15) is 23.7 Å². The summed E-state index contributed by atoms with van der Waals surface area (Å²) in [6.07, 6.45) is 3.40. The van der Waals surface area contributed by atoms with Crippen LogP contribution >= 0.6 is 0 Å². The molecule has 0 atom stereocenters. The minimum absolute atomic E-state index is 0.235. The van der Waals surface area contributed by atoms with Crippen LogP contribution in [0.1, 0.15) is 23.9 Å². The van der Waals surface area contributed by atoms with Gasteiger partial charge in [-0.05, 0) is 41.8 Å². The third-order valence-electron chi connectivity index (χ3n) is 5.14. The van der Waals surface area contributed by atoms with Crippen LogP contribution in [0, 0.1) is 5.82 Å². The van der Waals surface area contributed by atoms with E-state index in [4.69, 9.17) is 9.73 Å². The zero-order valence-corrected chi connectivity index (χ0v) is 19.0. The van der Waals surface area contributed by atoms with Crippen LogP contribution in [-0.2, 0) is 25.9 Å². The van der Waals surface area contributed by atoms with Crippen molar-refractivity contribution in [3.05, 3.63) is 77.6 Å². The molecule has 32 heavy (non-hydrogen) atoms. The van der Waals surface area contributed by atoms with Crippen molar-refractivity contribution in [2.75, 3.05) is 27.2 Å². The van der Waals surface area contributed by atoms with Crippen LogP contribution in [0.4, 0.5) is 4.39 Å². The summed E-state index contributed by atoms with van der Waals surface area (Å²) in [5.41, 5.74) is 2.09. The number of ether oxygens (including phenoxy) is 1. The fourth-order valence-electron chi connectivity index (χ4n) is 3.41. The zero-order chi connectivity index (χ0) is 22.8. The molecule has 0 spiro atoms. The minimum Gasteiger partial charge on any atom is -0.497 e. The largest absolute Gasteiger partial charge is 0.497 e. The average Bonchev–Trinajstić information content (AvgIpc) is 3.26. The van der Waals surface area contributed by atoms with Crippen molar-refractivity contribution in [1.29, 1.82) is 0 Å². The molecule has 8 heteroatoms. The normalized spacial score (nSPS) is 11.4. The van der Waals surface area contributed by atoms with Crippen molar-refractivity contribution in [2.45, 2.75) is 32.9 Å². The highest BCUT2D eigenvalue weighted by Crippen LogP contribution is 2.12. The summed E-state index contributed by atoms with van der Waals surface area (Å²) in [6, 6.07) is 14.7. The van der Waals surface area contributed by atoms with E-state index in [0.717, 1.165) is 42.5 Å². The molecule has 170 valence electrons. The van der Waals surface area contributed by atoms with Gasteiger partial charge >= 0.3 is 0 Å². The molecule has 2 aromatic carbocycles. The number of nitrogens with one attached hydrogen (secondary N) is 1. The molecule has 0 bridgehead atoms. The fourth-order valence-corrected chi connectivity index (χ4v) is 3.41. The molecule has 7 nitrogen and oxygen atoms in total. The van der Waals surface area contributed by atoms with Crippen LogP contribution in [0.15, 0.2) is 59.9 Å². The van der Waals surface area contributed by atoms with E-state index >= 15 is 0 Å². The molecular weight excluding hydrogens is 407 g/mol. The van der Waals surface area contributed by atoms with Crippen LogP contribution in [0.3, 0.4) is 0 Å². The van der Waals surface area contributed by atoms with Gasteiger partial charge in [-0.2, -0.15) is 0 Å². The SMILES string of the molecule is CCc1nncn1CCNC(=NCCc1ccc(OC)cc1)N(C)Cc1cccc(F)c1. The third kappa shape index (κ3) is 6.80. The van der Waals surface area contributed by atoms with E-state index in [1.165, 1.54) is 11.6 Å². The summed E-state index contributed by atoms with van der Waals surface area (Å²) in [7, 11) is 3.62. The minimum atomic E-state index is -0.235. The quantitative estimate of drug-likeness (QED) is 0.389. The second-order valence-corrected chi connectivity index (χ2v) is 7.51. The number of aliphatic imine (C=N–C) groups is 1. The van der Waals surface area contributed by atoms with Crippen molar-refractivity contribution in [2.24, 2.45) is 4.99 Å². The number of halogens is 1. The Bertz CT molecular complexity index is 1000. The summed E-state index contributed by atoms with van der Waals surface area (Å²) in [6.45, 7) is 4.67. The molecule has 0 saturated carbocycles. The number of aryl methyl sites for hydroxylation is 1. The van der Waals surface area contributed by atoms with Gasteiger partial charge in [0.15, 0.2) is 5.96 Å². The topological polar surface area (TPSA) is 67.6 Å². The van der Waals surface area contributed by atoms with Crippen LogP contribution in [0.25, 0.3) is 0 Å². The molecule has 0 aliphatic carbocycles. The number of guanidine groups is 1. The Labute approximate surface area is 189 Å². The first kappa shape index (κ1) is 23.2. The summed E-state index contributed by atoms with van der Waals surface area (Å²) in [4.78, 5) is 6.82. The highest BCUT2D eigenvalue weighted by Gasteiger charge is 2.09. The first-order valence-corrected chi connectivity index (χ1v) is 10.8. The van der Waals surface area contributed by atoms with Crippen molar-refractivity contribution >= 4 is 5.96 Å². The molecule has 0 radical (unpaired) electrons. The molecule has 1 aromatic heterocycles. The van der Waals surface area contributed by atoms with Gasteiger partial charge in [0.2, 0.25) is 0 Å². The second kappa shape index (κ2) is 11.8. The summed E-state index contributed by atoms with van der Waals surface area (Å²) in [5, 5.41) is 11.5. The molecule has 1 heterocycles. The molecule has 3 rings (SSSR count). The van der Waals surface area contributed by atoms with Gasteiger partial charge in [0.25, 0.3) is 0 Å². The molecule has 1 N–H and O–H groups in total. The molecule has 0 aliphatic rings. The molecule has 0 unspecified atom stereocenters. The predicted octanol–water partition coefficient (Wildman–Crippen LogP) is 3.31. The van der Waals surface area contributed by atoms with Gasteiger partial charge in [-0.3, -0.25) is 4.99 Å². The Morgan fingerprint density at radius 1 is 1.19 bits per heavy atom. The Morgan fingerprint density at radius 3 is 2.72 bits per heavy atom. The van der Waals surface area contributed by atoms with E-state index in [1.807, 2.05) is 34.7 Å². The Kier molecular flexibility index (Phi) is 8.60. The Hall–Kier alpha value is -3.42. The van der Waals surface area contributed by atoms with Gasteiger partial charge in [-0.1, -0.05) is 31.2 Å². The number of rotatable bonds is 10. The van der Waals surface area contributed by atoms with Crippen LogP contribution in [-0.4, -0.2) is 52.9 Å². The van der Waals surface area contributed by atoms with E-state index in [-0.39, 0.29) is 5.82 Å². The lowest BCUT2D eigenvalue weighted by Gasteiger charge is -2.23. The summed E-state index contributed by atoms with van der Waals surface area (Å²) in [5.74, 6) is 2.34. The fraction of sp³-hybridized carbons (Fsp3) is 0.375. The van der Waals surface area contributed by atoms with E-state index in [0.29, 0.717) is 19.6 Å². The van der Waals surface area contributed by atoms with Crippen LogP contribution in [0.5, 0.6) is 5.75 Å². The standard InChI is InChI=1S/C24H31FN6O/c1-4-23-29-28-18-31(23)15-14-27-24(30(2)17-20-6-5-7-21(25)16-20)26-13-12-19-8-10-22(32-3)11-9-19/h5-11,16,18H,4,12-15,17H2,1-3H3,(H,26,27). The molecular formula is C24H31FN6O. The van der Waals surface area contributed by atoms with Crippen LogP contribution in [0.2, 0.25) is 0 Å². The van der Waals surface area contributed by atoms with Gasteiger partial charge < -0.3 is 19.5 Å². The van der Waals surface area contributed by atoms with Crippen molar-refractivity contribution in [1.82, 2.24) is 25.0 Å². The number of benzene rings is 2. The Morgan fingerprint density at radius 2 is 2.00 bits per heavy atom. The van der Waals surface area contributed by atoms with Crippen LogP contribution < -0.4 is 10.1 Å². The maximum absolute atomic E-state index is 13.6. The van der Waals surface area contributed by atoms with Crippen molar-refractivity contribution in [3.8, 4) is 5.75 Å². The lowest BCUT2D eigenvalue weighted by Crippen LogP contribution is -2.40. The van der Waals surface area contributed by atoms with E-state index in [2.05, 4.69) is 34.6 Å². The van der Waals surface area contributed by atoms with Crippen molar-refractivity contribution in [3.63, 3.8) is 0 Å². The third-order valence-corrected chi connectivity index (χ3v) is 5.14. The van der Waals surface area contributed by atoms with E-state index < -0.39 is 0 Å². The molecule has 0 amide bonds. The Balaban J connectivity index is 1.64. The summed E-state index contributed by atoms with van der Waals surface area (Å²) < 4.78 is 20.9. The van der Waals surface area contributed by atoms with Gasteiger partial charge in [-0.25, -0.2) is 4.39 Å². The molecule has 3 aromatic rings. The number of hydrogen-bond acceptors (Lipinski definition) is 4. The van der Waals surface area contributed by atoms with Gasteiger partial charge in [0, 0.05) is 39.6 Å². The highest BCUT2D eigenvalue weighted by atomic mass is 19.1. The summed E-state index contributed by atoms with van der Waals surface area (Å²) >= 11 is 0. The number of hydrogen-bond donors (Lipinski definition) is 1. The number of methoxy groups -OCH3 is 1. The lowest BCUT2D eigenvalue weighted by atomic mass is 10.1. The average molecular weight is 439 g/mol. The highest BCUT2D eigenvalue weighted by molar-refractivity contribution is 5.79. The molecule has 0 saturated heterocycles. The lowest BCUT2D eigenvalue weighted by molar-refractivity contribution is 0.414. The van der Waals surface area contributed by atoms with Gasteiger partial charge in [0.05, 0.1) is 7.11 Å². The first-order valence-electron chi connectivity index (χ1n) is 10.8. The number of nitrogens with zero attached hydrogens (tertiary/aromatic N) is 5. The van der Waals surface area contributed by atoms with E-state index in [1.54, 1.807) is 25.6 Å².